The lowest BCUT2D eigenvalue weighted by atomic mass is 10.1. The van der Waals surface area contributed by atoms with Gasteiger partial charge in [0.2, 0.25) is 5.91 Å². The molecule has 0 aromatic heterocycles. The maximum Gasteiger partial charge on any atom is 0.332 e. The summed E-state index contributed by atoms with van der Waals surface area (Å²) in [6, 6.07) is -1.41. The average molecular weight is 232 g/mol. The number of ether oxygens (including phenoxy) is 1. The van der Waals surface area contributed by atoms with Crippen molar-refractivity contribution in [2.45, 2.75) is 38.8 Å². The number of carbonyl (C=O) groups is 2. The van der Waals surface area contributed by atoms with E-state index >= 15 is 0 Å². The van der Waals surface area contributed by atoms with Gasteiger partial charge in [0.25, 0.3) is 0 Å². The molecule has 4 N–H and O–H groups in total. The van der Waals surface area contributed by atoms with Gasteiger partial charge in [0, 0.05) is 12.6 Å². The van der Waals surface area contributed by atoms with Crippen molar-refractivity contribution in [1.29, 1.82) is 0 Å². The Bertz CT molecular complexity index is 233. The van der Waals surface area contributed by atoms with Gasteiger partial charge in [0.1, 0.15) is 0 Å². The molecule has 0 bridgehead atoms. The first kappa shape index (κ1) is 14.9. The molecule has 0 heterocycles. The van der Waals surface area contributed by atoms with Crippen LogP contribution in [0, 0.1) is 0 Å². The molecular formula is C10H20N2O4. The van der Waals surface area contributed by atoms with Gasteiger partial charge in [0.05, 0.1) is 6.61 Å². The number of aliphatic hydroxyl groups is 1. The minimum Gasteiger partial charge on any atom is -0.464 e. The summed E-state index contributed by atoms with van der Waals surface area (Å²) in [5, 5.41) is 11.2. The monoisotopic (exact) mass is 232 g/mol. The summed E-state index contributed by atoms with van der Waals surface area (Å²) >= 11 is 0. The molecule has 0 aliphatic carbocycles. The minimum absolute atomic E-state index is 0.0736. The van der Waals surface area contributed by atoms with Gasteiger partial charge in [-0.15, -0.1) is 0 Å². The van der Waals surface area contributed by atoms with E-state index in [0.29, 0.717) is 12.8 Å². The van der Waals surface area contributed by atoms with E-state index in [9.17, 15) is 9.59 Å². The number of esters is 1. The van der Waals surface area contributed by atoms with E-state index in [1.165, 1.54) is 0 Å². The van der Waals surface area contributed by atoms with E-state index in [0.717, 1.165) is 0 Å². The molecule has 0 radical (unpaired) electrons. The summed E-state index contributed by atoms with van der Waals surface area (Å²) in [7, 11) is 0. The van der Waals surface area contributed by atoms with Crippen LogP contribution in [0.15, 0.2) is 0 Å². The first-order chi connectivity index (χ1) is 7.52. The van der Waals surface area contributed by atoms with E-state index in [-0.39, 0.29) is 19.3 Å². The Hall–Kier alpha value is -1.14. The van der Waals surface area contributed by atoms with Gasteiger partial charge >= 0.3 is 5.97 Å². The number of hydrogen-bond donors (Lipinski definition) is 3. The standard InChI is InChI=1S/C10H20N2O4/c1-3-16-10(15)8(11)9(14)12-7(2)5-4-6-13/h7-8,13H,3-6,11H2,1-2H3,(H,12,14). The number of aliphatic hydroxyl groups excluding tert-OH is 1. The van der Waals surface area contributed by atoms with Gasteiger partial charge < -0.3 is 20.9 Å². The smallest absolute Gasteiger partial charge is 0.332 e. The summed E-state index contributed by atoms with van der Waals surface area (Å²) in [6.45, 7) is 3.70. The molecule has 0 saturated carbocycles. The Morgan fingerprint density at radius 2 is 2.12 bits per heavy atom. The molecule has 0 fully saturated rings. The summed E-state index contributed by atoms with van der Waals surface area (Å²) in [5.74, 6) is -1.28. The molecule has 94 valence electrons. The largest absolute Gasteiger partial charge is 0.464 e. The van der Waals surface area contributed by atoms with Crippen LogP contribution in [-0.2, 0) is 14.3 Å². The quantitative estimate of drug-likeness (QED) is 0.392. The molecule has 2 atom stereocenters. The van der Waals surface area contributed by atoms with Crippen LogP contribution >= 0.6 is 0 Å². The molecule has 0 aromatic rings. The molecule has 16 heavy (non-hydrogen) atoms. The first-order valence-electron chi connectivity index (χ1n) is 5.36. The fourth-order valence-electron chi connectivity index (χ4n) is 1.14. The predicted octanol–water partition coefficient (Wildman–Crippen LogP) is -0.846. The molecular weight excluding hydrogens is 212 g/mol. The lowest BCUT2D eigenvalue weighted by molar-refractivity contribution is -0.148. The Morgan fingerprint density at radius 3 is 2.62 bits per heavy atom. The van der Waals surface area contributed by atoms with Crippen LogP contribution in [0.25, 0.3) is 0 Å². The van der Waals surface area contributed by atoms with Crippen LogP contribution in [0.2, 0.25) is 0 Å². The topological polar surface area (TPSA) is 102 Å². The molecule has 0 aliphatic heterocycles. The number of rotatable bonds is 7. The minimum atomic E-state index is -1.28. The van der Waals surface area contributed by atoms with Crippen molar-refractivity contribution < 1.29 is 19.4 Å². The van der Waals surface area contributed by atoms with Gasteiger partial charge in [-0.05, 0) is 26.7 Å². The number of hydrogen-bond acceptors (Lipinski definition) is 5. The van der Waals surface area contributed by atoms with Crippen LogP contribution in [-0.4, -0.2) is 42.3 Å². The van der Waals surface area contributed by atoms with E-state index in [1.807, 2.05) is 0 Å². The van der Waals surface area contributed by atoms with Crippen LogP contribution in [0.5, 0.6) is 0 Å². The maximum absolute atomic E-state index is 11.4. The number of amides is 1. The van der Waals surface area contributed by atoms with Crippen molar-refractivity contribution in [3.8, 4) is 0 Å². The van der Waals surface area contributed by atoms with Gasteiger partial charge in [-0.2, -0.15) is 0 Å². The molecule has 6 nitrogen and oxygen atoms in total. The van der Waals surface area contributed by atoms with Crippen molar-refractivity contribution in [3.63, 3.8) is 0 Å². The van der Waals surface area contributed by atoms with Crippen molar-refractivity contribution >= 4 is 11.9 Å². The summed E-state index contributed by atoms with van der Waals surface area (Å²) in [6.07, 6.45) is 1.23. The fourth-order valence-corrected chi connectivity index (χ4v) is 1.14. The molecule has 6 heteroatoms. The summed E-state index contributed by atoms with van der Waals surface area (Å²) in [5.41, 5.74) is 5.39. The Balaban J connectivity index is 3.99. The van der Waals surface area contributed by atoms with E-state index < -0.39 is 17.9 Å². The highest BCUT2D eigenvalue weighted by Crippen LogP contribution is 1.96. The van der Waals surface area contributed by atoms with Gasteiger partial charge in [-0.1, -0.05) is 0 Å². The Morgan fingerprint density at radius 1 is 1.50 bits per heavy atom. The molecule has 0 aromatic carbocycles. The molecule has 0 spiro atoms. The summed E-state index contributed by atoms with van der Waals surface area (Å²) in [4.78, 5) is 22.6. The molecule has 0 rings (SSSR count). The maximum atomic E-state index is 11.4. The normalized spacial score (nSPS) is 14.0. The first-order valence-corrected chi connectivity index (χ1v) is 5.36. The predicted molar refractivity (Wildman–Crippen MR) is 58.5 cm³/mol. The highest BCUT2D eigenvalue weighted by atomic mass is 16.5. The number of nitrogens with two attached hydrogens (primary N) is 1. The van der Waals surface area contributed by atoms with Gasteiger partial charge in [-0.3, -0.25) is 4.79 Å². The van der Waals surface area contributed by atoms with E-state index in [1.54, 1.807) is 13.8 Å². The van der Waals surface area contributed by atoms with Crippen molar-refractivity contribution in [1.82, 2.24) is 5.32 Å². The van der Waals surface area contributed by atoms with Gasteiger partial charge in [-0.25, -0.2) is 4.79 Å². The second-order valence-corrected chi connectivity index (χ2v) is 3.51. The van der Waals surface area contributed by atoms with Gasteiger partial charge in [0.15, 0.2) is 6.04 Å². The van der Waals surface area contributed by atoms with Crippen LogP contribution < -0.4 is 11.1 Å². The zero-order chi connectivity index (χ0) is 12.6. The fraction of sp³-hybridized carbons (Fsp3) is 0.800. The van der Waals surface area contributed by atoms with Crippen LogP contribution in [0.4, 0.5) is 0 Å². The average Bonchev–Trinajstić information content (AvgIpc) is 2.25. The highest BCUT2D eigenvalue weighted by Gasteiger charge is 2.24. The Labute approximate surface area is 95.1 Å². The van der Waals surface area contributed by atoms with Crippen molar-refractivity contribution in [2.24, 2.45) is 5.73 Å². The van der Waals surface area contributed by atoms with E-state index in [4.69, 9.17) is 10.8 Å². The van der Waals surface area contributed by atoms with Crippen LogP contribution in [0.1, 0.15) is 26.7 Å². The van der Waals surface area contributed by atoms with E-state index in [2.05, 4.69) is 10.1 Å². The number of carbonyl (C=O) groups excluding carboxylic acids is 2. The third-order valence-corrected chi connectivity index (χ3v) is 2.01. The highest BCUT2D eigenvalue weighted by molar-refractivity contribution is 6.01. The molecule has 0 aliphatic rings. The second-order valence-electron chi connectivity index (χ2n) is 3.51. The second kappa shape index (κ2) is 8.06. The Kier molecular flexibility index (Phi) is 7.49. The summed E-state index contributed by atoms with van der Waals surface area (Å²) < 4.78 is 4.62. The third kappa shape index (κ3) is 5.67. The number of nitrogens with one attached hydrogen (secondary N) is 1. The van der Waals surface area contributed by atoms with Crippen molar-refractivity contribution in [3.05, 3.63) is 0 Å². The molecule has 2 unspecified atom stereocenters. The third-order valence-electron chi connectivity index (χ3n) is 2.01. The lowest BCUT2D eigenvalue weighted by Crippen LogP contribution is -2.49. The lowest BCUT2D eigenvalue weighted by Gasteiger charge is -2.16. The SMILES string of the molecule is CCOC(=O)C(N)C(=O)NC(C)CCCO. The zero-order valence-electron chi connectivity index (χ0n) is 9.73. The van der Waals surface area contributed by atoms with Crippen molar-refractivity contribution in [2.75, 3.05) is 13.2 Å². The molecule has 1 amide bonds. The zero-order valence-corrected chi connectivity index (χ0v) is 9.73. The van der Waals surface area contributed by atoms with Crippen LogP contribution in [0.3, 0.4) is 0 Å². The molecule has 0 saturated heterocycles.